The Morgan fingerprint density at radius 2 is 0.571 bits per heavy atom. The standard InChI is InChI=1S/2Fe.2H2O4S.2H2O/c;;2*1-5(2,3)4;;/h;;2*(H2,1,2,3,4);2*1H2/q2*+2;;;;/p-4. The molecule has 0 aliphatic carbocycles. The summed E-state index contributed by atoms with van der Waals surface area (Å²) in [6, 6.07) is 0. The van der Waals surface area contributed by atoms with Gasteiger partial charge in [-0.3, -0.25) is 16.8 Å². The third-order valence-corrected chi connectivity index (χ3v) is 0. The second-order valence-corrected chi connectivity index (χ2v) is 2.45. The van der Waals surface area contributed by atoms with Gasteiger partial charge in [-0.1, -0.05) is 0 Å². The Labute approximate surface area is 101 Å². The van der Waals surface area contributed by atoms with Crippen molar-refractivity contribution in [1.29, 1.82) is 0 Å². The van der Waals surface area contributed by atoms with Crippen molar-refractivity contribution in [2.45, 2.75) is 0 Å². The Hall–Kier alpha value is 0.699. The van der Waals surface area contributed by atoms with Crippen molar-refractivity contribution in [1.82, 2.24) is 0 Å². The van der Waals surface area contributed by atoms with Crippen molar-refractivity contribution in [2.75, 3.05) is 0 Å². The Balaban J connectivity index is -0.0000000178. The van der Waals surface area contributed by atoms with Gasteiger partial charge in [0.2, 0.25) is 0 Å². The Morgan fingerprint density at radius 1 is 0.571 bits per heavy atom. The van der Waals surface area contributed by atoms with Gasteiger partial charge in [0.05, 0.1) is 0 Å². The minimum absolute atomic E-state index is 0. The minimum atomic E-state index is -5.17. The van der Waals surface area contributed by atoms with Crippen molar-refractivity contribution >= 4 is 20.8 Å². The average Bonchev–Trinajstić information content (AvgIpc) is 1.12. The van der Waals surface area contributed by atoms with Crippen molar-refractivity contribution in [3.8, 4) is 0 Å². The van der Waals surface area contributed by atoms with E-state index >= 15 is 0 Å². The molecule has 0 aromatic carbocycles. The van der Waals surface area contributed by atoms with E-state index in [4.69, 9.17) is 35.0 Å². The van der Waals surface area contributed by atoms with Crippen LogP contribution in [0.15, 0.2) is 0 Å². The number of rotatable bonds is 0. The maximum Gasteiger partial charge on any atom is 2.00 e. The molecule has 0 atom stereocenters. The summed E-state index contributed by atoms with van der Waals surface area (Å²) >= 11 is 0. The SMILES string of the molecule is O.O.O=S(=O)([O-])[O-].O=S(=O)([O-])[O-].[Fe+2].[Fe+2]. The molecule has 0 rings (SSSR count). The summed E-state index contributed by atoms with van der Waals surface area (Å²) in [5, 5.41) is 0. The second kappa shape index (κ2) is 13.7. The van der Waals surface area contributed by atoms with Crippen LogP contribution in [0.2, 0.25) is 0 Å². The van der Waals surface area contributed by atoms with E-state index in [9.17, 15) is 0 Å². The summed E-state index contributed by atoms with van der Waals surface area (Å²) in [6.45, 7) is 0. The van der Waals surface area contributed by atoms with Crippen LogP contribution in [0.25, 0.3) is 0 Å². The largest absolute Gasteiger partial charge is 2.00 e. The van der Waals surface area contributed by atoms with Gasteiger partial charge >= 0.3 is 34.1 Å². The smallest absolute Gasteiger partial charge is 0.759 e. The van der Waals surface area contributed by atoms with E-state index in [0.717, 1.165) is 0 Å². The molecular formula is H4Fe2O10S2. The first-order valence-electron chi connectivity index (χ1n) is 1.33. The third kappa shape index (κ3) is 3560. The number of hydrogen-bond donors (Lipinski definition) is 0. The molecular weight excluding hydrogens is 336 g/mol. The van der Waals surface area contributed by atoms with Gasteiger partial charge in [0, 0.05) is 20.8 Å². The summed E-state index contributed by atoms with van der Waals surface area (Å²) in [7, 11) is -10.3. The van der Waals surface area contributed by atoms with Crippen LogP contribution >= 0.6 is 0 Å². The van der Waals surface area contributed by atoms with Crippen molar-refractivity contribution < 1.29 is 80.1 Å². The van der Waals surface area contributed by atoms with Crippen molar-refractivity contribution in [2.24, 2.45) is 0 Å². The number of hydrogen-bond acceptors (Lipinski definition) is 8. The van der Waals surface area contributed by atoms with Crippen LogP contribution in [-0.2, 0) is 54.9 Å². The van der Waals surface area contributed by atoms with E-state index in [1.165, 1.54) is 0 Å². The molecule has 0 heterocycles. The molecule has 4 N–H and O–H groups in total. The van der Waals surface area contributed by atoms with Crippen LogP contribution in [0.3, 0.4) is 0 Å². The van der Waals surface area contributed by atoms with Crippen LogP contribution < -0.4 is 0 Å². The second-order valence-electron chi connectivity index (χ2n) is 0.816. The summed E-state index contributed by atoms with van der Waals surface area (Å²) in [6.07, 6.45) is 0. The molecule has 0 saturated carbocycles. The Kier molecular flexibility index (Phi) is 35.7. The molecule has 10 nitrogen and oxygen atoms in total. The molecule has 0 radical (unpaired) electrons. The zero-order valence-corrected chi connectivity index (χ0v) is 9.63. The molecule has 0 aromatic rings. The first-order valence-corrected chi connectivity index (χ1v) is 4.00. The molecule has 0 spiro atoms. The summed E-state index contributed by atoms with van der Waals surface area (Å²) in [5.41, 5.74) is 0. The van der Waals surface area contributed by atoms with Crippen LogP contribution in [0, 0.1) is 0 Å². The maximum atomic E-state index is 8.52. The summed E-state index contributed by atoms with van der Waals surface area (Å²) < 4.78 is 68.2. The molecule has 0 bridgehead atoms. The molecule has 92 valence electrons. The predicted octanol–water partition coefficient (Wildman–Crippen LogP) is -4.33. The fourth-order valence-corrected chi connectivity index (χ4v) is 0. The van der Waals surface area contributed by atoms with E-state index in [1.54, 1.807) is 0 Å². The molecule has 0 unspecified atom stereocenters. The summed E-state index contributed by atoms with van der Waals surface area (Å²) in [5.74, 6) is 0. The zero-order valence-electron chi connectivity index (χ0n) is 5.79. The van der Waals surface area contributed by atoms with Gasteiger partial charge in [0.15, 0.2) is 0 Å². The molecule has 0 amide bonds. The van der Waals surface area contributed by atoms with Crippen LogP contribution in [0.5, 0.6) is 0 Å². The molecule has 0 aromatic heterocycles. The van der Waals surface area contributed by atoms with E-state index in [2.05, 4.69) is 0 Å². The van der Waals surface area contributed by atoms with Gasteiger partial charge in [-0.05, 0) is 0 Å². The van der Waals surface area contributed by atoms with E-state index in [0.29, 0.717) is 0 Å². The van der Waals surface area contributed by atoms with Gasteiger partial charge in [-0.15, -0.1) is 0 Å². The van der Waals surface area contributed by atoms with Gasteiger partial charge in [0.25, 0.3) is 0 Å². The first-order chi connectivity index (χ1) is 4.00. The quantitative estimate of drug-likeness (QED) is 0.237. The Bertz CT molecular complexity index is 212. The monoisotopic (exact) mass is 340 g/mol. The molecule has 0 aliphatic heterocycles. The molecule has 0 saturated heterocycles. The fourth-order valence-electron chi connectivity index (χ4n) is 0. The minimum Gasteiger partial charge on any atom is -0.759 e. The summed E-state index contributed by atoms with van der Waals surface area (Å²) in [4.78, 5) is 0. The average molecular weight is 340 g/mol. The van der Waals surface area contributed by atoms with Gasteiger partial charge in [0.1, 0.15) is 0 Å². The van der Waals surface area contributed by atoms with E-state index < -0.39 is 20.8 Å². The van der Waals surface area contributed by atoms with Crippen molar-refractivity contribution in [3.63, 3.8) is 0 Å². The predicted molar refractivity (Wildman–Crippen MR) is 28.2 cm³/mol. The topological polar surface area (TPSA) is 224 Å². The van der Waals surface area contributed by atoms with Crippen LogP contribution in [-0.4, -0.2) is 46.0 Å². The molecule has 0 aliphatic rings. The zero-order chi connectivity index (χ0) is 9.00. The molecule has 0 fully saturated rings. The van der Waals surface area contributed by atoms with Crippen molar-refractivity contribution in [3.05, 3.63) is 0 Å². The normalized spacial score (nSPS) is 8.29. The van der Waals surface area contributed by atoms with Gasteiger partial charge in [-0.2, -0.15) is 0 Å². The van der Waals surface area contributed by atoms with Gasteiger partial charge in [-0.25, -0.2) is 0 Å². The van der Waals surface area contributed by atoms with E-state index in [-0.39, 0.29) is 45.1 Å². The van der Waals surface area contributed by atoms with Crippen LogP contribution in [0.4, 0.5) is 0 Å². The van der Waals surface area contributed by atoms with Gasteiger partial charge < -0.3 is 29.2 Å². The first kappa shape index (κ1) is 36.5. The Morgan fingerprint density at radius 3 is 0.571 bits per heavy atom. The van der Waals surface area contributed by atoms with E-state index in [1.807, 2.05) is 0 Å². The van der Waals surface area contributed by atoms with Crippen LogP contribution in [0.1, 0.15) is 0 Å². The molecule has 14 heavy (non-hydrogen) atoms. The fraction of sp³-hybridized carbons (Fsp3) is 0. The molecule has 14 heteroatoms. The third-order valence-electron chi connectivity index (χ3n) is 0. The maximum absolute atomic E-state index is 8.52.